The van der Waals surface area contributed by atoms with Gasteiger partial charge in [0.2, 0.25) is 5.88 Å². The lowest BCUT2D eigenvalue weighted by molar-refractivity contribution is 0.421. The molecule has 1 N–H and O–H groups in total. The van der Waals surface area contributed by atoms with Crippen LogP contribution in [0.2, 0.25) is 0 Å². The van der Waals surface area contributed by atoms with Crippen molar-refractivity contribution in [3.05, 3.63) is 75.2 Å². The molecule has 2 aromatic carbocycles. The molecule has 0 spiro atoms. The average Bonchev–Trinajstić information content (AvgIpc) is 2.81. The highest BCUT2D eigenvalue weighted by Gasteiger charge is 2.05. The van der Waals surface area contributed by atoms with Gasteiger partial charge in [0.05, 0.1) is 11.9 Å². The summed E-state index contributed by atoms with van der Waals surface area (Å²) < 4.78 is 1.36. The molecule has 0 unspecified atom stereocenters. The molecule has 0 radical (unpaired) electrons. The highest BCUT2D eigenvalue weighted by molar-refractivity contribution is 7.07. The largest absolute Gasteiger partial charge is 0.494 e. The highest BCUT2D eigenvalue weighted by atomic mass is 32.1. The van der Waals surface area contributed by atoms with E-state index >= 15 is 0 Å². The van der Waals surface area contributed by atoms with Crippen molar-refractivity contribution in [3.63, 3.8) is 0 Å². The summed E-state index contributed by atoms with van der Waals surface area (Å²) in [5.41, 5.74) is 3.28. The second-order valence-electron chi connectivity index (χ2n) is 4.51. The number of nitrogens with zero attached hydrogens (tertiary/aromatic N) is 1. The van der Waals surface area contributed by atoms with Gasteiger partial charge in [0, 0.05) is 0 Å². The molecule has 3 aromatic rings. The van der Waals surface area contributed by atoms with Crippen molar-refractivity contribution in [2.24, 2.45) is 0 Å². The number of hydrogen-bond donors (Lipinski definition) is 1. The number of aromatic hydroxyl groups is 1. The first kappa shape index (κ1) is 12.7. The van der Waals surface area contributed by atoms with E-state index in [1.54, 1.807) is 0 Å². The van der Waals surface area contributed by atoms with E-state index in [2.05, 4.69) is 12.1 Å². The van der Waals surface area contributed by atoms with Crippen LogP contribution in [0.15, 0.2) is 64.8 Å². The van der Waals surface area contributed by atoms with E-state index in [0.29, 0.717) is 6.54 Å². The second-order valence-corrected chi connectivity index (χ2v) is 5.33. The van der Waals surface area contributed by atoms with Gasteiger partial charge in [-0.05, 0) is 16.7 Å². The Balaban J connectivity index is 1.86. The predicted molar refractivity (Wildman–Crippen MR) is 81.2 cm³/mol. The smallest absolute Gasteiger partial charge is 0.310 e. The van der Waals surface area contributed by atoms with Crippen molar-refractivity contribution >= 4 is 11.3 Å². The fraction of sp³-hybridized carbons (Fsp3) is 0.0625. The van der Waals surface area contributed by atoms with E-state index in [9.17, 15) is 9.90 Å². The molecular weight excluding hydrogens is 270 g/mol. The van der Waals surface area contributed by atoms with E-state index in [-0.39, 0.29) is 10.8 Å². The Morgan fingerprint density at radius 1 is 0.950 bits per heavy atom. The Morgan fingerprint density at radius 2 is 1.60 bits per heavy atom. The molecule has 1 aromatic heterocycles. The van der Waals surface area contributed by atoms with Gasteiger partial charge in [-0.2, -0.15) is 0 Å². The molecule has 0 fully saturated rings. The summed E-state index contributed by atoms with van der Waals surface area (Å²) in [7, 11) is 0. The van der Waals surface area contributed by atoms with Gasteiger partial charge in [0.25, 0.3) is 0 Å². The molecule has 3 rings (SSSR count). The molecule has 20 heavy (non-hydrogen) atoms. The van der Waals surface area contributed by atoms with Crippen LogP contribution in [0.4, 0.5) is 0 Å². The van der Waals surface area contributed by atoms with Crippen LogP contribution in [0.1, 0.15) is 5.56 Å². The second kappa shape index (κ2) is 5.35. The van der Waals surface area contributed by atoms with Crippen LogP contribution in [-0.4, -0.2) is 9.67 Å². The lowest BCUT2D eigenvalue weighted by atomic mass is 10.0. The molecule has 0 atom stereocenters. The molecule has 0 aliphatic carbocycles. The Kier molecular flexibility index (Phi) is 3.39. The standard InChI is InChI=1S/C16H13NO2S/c18-15-11-20-16(19)17(15)10-12-6-8-14(9-7-12)13-4-2-1-3-5-13/h1-9,11,18H,10H2. The van der Waals surface area contributed by atoms with Crippen LogP contribution in [0.5, 0.6) is 5.88 Å². The summed E-state index contributed by atoms with van der Waals surface area (Å²) in [6, 6.07) is 18.1. The van der Waals surface area contributed by atoms with E-state index in [0.717, 1.165) is 28.0 Å². The quantitative estimate of drug-likeness (QED) is 0.801. The van der Waals surface area contributed by atoms with Crippen LogP contribution in [0.25, 0.3) is 11.1 Å². The third kappa shape index (κ3) is 2.51. The molecule has 4 heteroatoms. The van der Waals surface area contributed by atoms with Crippen LogP contribution in [0, 0.1) is 0 Å². The maximum atomic E-state index is 11.6. The molecule has 0 amide bonds. The fourth-order valence-corrected chi connectivity index (χ4v) is 2.70. The van der Waals surface area contributed by atoms with Gasteiger partial charge in [-0.1, -0.05) is 65.9 Å². The zero-order valence-electron chi connectivity index (χ0n) is 10.7. The van der Waals surface area contributed by atoms with E-state index in [1.807, 2.05) is 42.5 Å². The van der Waals surface area contributed by atoms with Crippen LogP contribution in [-0.2, 0) is 6.54 Å². The Hall–Kier alpha value is -2.33. The molecule has 0 aliphatic heterocycles. The number of thiazole rings is 1. The Bertz CT molecular complexity index is 757. The zero-order valence-corrected chi connectivity index (χ0v) is 11.5. The summed E-state index contributed by atoms with van der Waals surface area (Å²) in [6.07, 6.45) is 0. The predicted octanol–water partition coefficient (Wildman–Crippen LogP) is 3.33. The fourth-order valence-electron chi connectivity index (χ4n) is 2.09. The van der Waals surface area contributed by atoms with Gasteiger partial charge in [-0.3, -0.25) is 9.36 Å². The Labute approximate surface area is 120 Å². The highest BCUT2D eigenvalue weighted by Crippen LogP contribution is 2.20. The van der Waals surface area contributed by atoms with Gasteiger partial charge in [-0.15, -0.1) is 0 Å². The van der Waals surface area contributed by atoms with Gasteiger partial charge in [0.15, 0.2) is 0 Å². The van der Waals surface area contributed by atoms with Crippen molar-refractivity contribution in [2.75, 3.05) is 0 Å². The summed E-state index contributed by atoms with van der Waals surface area (Å²) in [6.45, 7) is 0.392. The van der Waals surface area contributed by atoms with Crippen molar-refractivity contribution < 1.29 is 5.11 Å². The monoisotopic (exact) mass is 283 g/mol. The lowest BCUT2D eigenvalue weighted by Crippen LogP contribution is -2.13. The van der Waals surface area contributed by atoms with E-state index in [4.69, 9.17) is 0 Å². The van der Waals surface area contributed by atoms with Crippen molar-refractivity contribution in [2.45, 2.75) is 6.54 Å². The SMILES string of the molecule is O=c1scc(O)n1Cc1ccc(-c2ccccc2)cc1. The van der Waals surface area contributed by atoms with Gasteiger partial charge in [0.1, 0.15) is 0 Å². The molecule has 0 saturated carbocycles. The number of aromatic nitrogens is 1. The van der Waals surface area contributed by atoms with Gasteiger partial charge < -0.3 is 5.11 Å². The maximum absolute atomic E-state index is 11.6. The van der Waals surface area contributed by atoms with Crippen LogP contribution >= 0.6 is 11.3 Å². The molecule has 100 valence electrons. The zero-order chi connectivity index (χ0) is 13.9. The van der Waals surface area contributed by atoms with Crippen LogP contribution in [0.3, 0.4) is 0 Å². The van der Waals surface area contributed by atoms with Crippen LogP contribution < -0.4 is 4.87 Å². The maximum Gasteiger partial charge on any atom is 0.310 e. The normalized spacial score (nSPS) is 10.6. The number of benzene rings is 2. The first-order valence-electron chi connectivity index (χ1n) is 6.26. The molecule has 3 nitrogen and oxygen atoms in total. The van der Waals surface area contributed by atoms with Crippen molar-refractivity contribution in [1.82, 2.24) is 4.57 Å². The van der Waals surface area contributed by atoms with Crippen molar-refractivity contribution in [3.8, 4) is 17.0 Å². The van der Waals surface area contributed by atoms with E-state index in [1.165, 1.54) is 9.95 Å². The first-order chi connectivity index (χ1) is 9.74. The minimum Gasteiger partial charge on any atom is -0.494 e. The van der Waals surface area contributed by atoms with E-state index < -0.39 is 0 Å². The number of hydrogen-bond acceptors (Lipinski definition) is 3. The minimum atomic E-state index is -0.144. The molecule has 1 heterocycles. The minimum absolute atomic E-state index is 0.0205. The topological polar surface area (TPSA) is 42.2 Å². The van der Waals surface area contributed by atoms with Crippen molar-refractivity contribution in [1.29, 1.82) is 0 Å². The summed E-state index contributed by atoms with van der Waals surface area (Å²) >= 11 is 1.01. The molecule has 0 bridgehead atoms. The third-order valence-corrected chi connectivity index (χ3v) is 3.91. The lowest BCUT2D eigenvalue weighted by Gasteiger charge is -2.06. The molecule has 0 saturated heterocycles. The van der Waals surface area contributed by atoms with Gasteiger partial charge >= 0.3 is 4.87 Å². The summed E-state index contributed by atoms with van der Waals surface area (Å²) in [5.74, 6) is 0.0205. The third-order valence-electron chi connectivity index (χ3n) is 3.16. The first-order valence-corrected chi connectivity index (χ1v) is 7.13. The molecule has 0 aliphatic rings. The van der Waals surface area contributed by atoms with Gasteiger partial charge in [-0.25, -0.2) is 0 Å². The number of rotatable bonds is 3. The average molecular weight is 283 g/mol. The summed E-state index contributed by atoms with van der Waals surface area (Å²) in [5, 5.41) is 11.1. The molecular formula is C16H13NO2S. The Morgan fingerprint density at radius 3 is 2.20 bits per heavy atom. The summed E-state index contributed by atoms with van der Waals surface area (Å²) in [4.78, 5) is 11.4.